The molecule has 6 nitrogen and oxygen atoms in total. The zero-order valence-corrected chi connectivity index (χ0v) is 12.0. The fraction of sp³-hybridized carbons (Fsp3) is 0.200. The summed E-state index contributed by atoms with van der Waals surface area (Å²) in [7, 11) is 1.36. The fourth-order valence-electron chi connectivity index (χ4n) is 2.34. The van der Waals surface area contributed by atoms with Crippen LogP contribution in [-0.2, 0) is 4.74 Å². The van der Waals surface area contributed by atoms with Crippen molar-refractivity contribution in [1.29, 1.82) is 0 Å². The number of esters is 1. The molecule has 3 rings (SSSR count). The van der Waals surface area contributed by atoms with Gasteiger partial charge in [-0.3, -0.25) is 4.98 Å². The summed E-state index contributed by atoms with van der Waals surface area (Å²) in [5, 5.41) is 4.31. The van der Waals surface area contributed by atoms with E-state index >= 15 is 0 Å². The molecule has 0 saturated carbocycles. The first-order chi connectivity index (χ1) is 10.1. The highest BCUT2D eigenvalue weighted by atomic mass is 16.5. The van der Waals surface area contributed by atoms with Crippen LogP contribution in [0.25, 0.3) is 16.8 Å². The highest BCUT2D eigenvalue weighted by Crippen LogP contribution is 2.28. The van der Waals surface area contributed by atoms with Gasteiger partial charge in [-0.25, -0.2) is 14.3 Å². The third kappa shape index (κ3) is 2.14. The predicted molar refractivity (Wildman–Crippen MR) is 77.0 cm³/mol. The van der Waals surface area contributed by atoms with E-state index < -0.39 is 5.97 Å². The molecule has 106 valence electrons. The van der Waals surface area contributed by atoms with Gasteiger partial charge in [0.05, 0.1) is 7.11 Å². The molecule has 0 spiro atoms. The third-order valence-corrected chi connectivity index (χ3v) is 3.26. The SMILES string of the molecule is COC(=O)c1c(-c2cccnc2)cc(C)n2nc(C)nc12. The lowest BCUT2D eigenvalue weighted by Gasteiger charge is -2.11. The Labute approximate surface area is 121 Å². The molecule has 0 aromatic carbocycles. The van der Waals surface area contributed by atoms with Gasteiger partial charge in [0.1, 0.15) is 11.4 Å². The van der Waals surface area contributed by atoms with E-state index in [1.165, 1.54) is 7.11 Å². The quantitative estimate of drug-likeness (QED) is 0.674. The van der Waals surface area contributed by atoms with E-state index in [0.29, 0.717) is 17.0 Å². The molecule has 0 aliphatic heterocycles. The van der Waals surface area contributed by atoms with Crippen LogP contribution in [-0.4, -0.2) is 32.7 Å². The Bertz CT molecular complexity index is 825. The summed E-state index contributed by atoms with van der Waals surface area (Å²) >= 11 is 0. The molecule has 0 amide bonds. The second kappa shape index (κ2) is 4.97. The fourth-order valence-corrected chi connectivity index (χ4v) is 2.34. The number of aromatic nitrogens is 4. The van der Waals surface area contributed by atoms with Crippen LogP contribution in [0, 0.1) is 13.8 Å². The monoisotopic (exact) mass is 282 g/mol. The second-order valence-corrected chi connectivity index (χ2v) is 4.70. The Balaban J connectivity index is 2.41. The molecular weight excluding hydrogens is 268 g/mol. The molecule has 0 atom stereocenters. The molecule has 3 aromatic heterocycles. The summed E-state index contributed by atoms with van der Waals surface area (Å²) in [4.78, 5) is 20.7. The Morgan fingerprint density at radius 3 is 2.81 bits per heavy atom. The zero-order valence-electron chi connectivity index (χ0n) is 12.0. The Morgan fingerprint density at radius 1 is 1.33 bits per heavy atom. The highest BCUT2D eigenvalue weighted by molar-refractivity contribution is 6.03. The highest BCUT2D eigenvalue weighted by Gasteiger charge is 2.21. The lowest BCUT2D eigenvalue weighted by molar-refractivity contribution is 0.0603. The molecule has 0 unspecified atom stereocenters. The molecular formula is C15H14N4O2. The molecule has 0 N–H and O–H groups in total. The van der Waals surface area contributed by atoms with Gasteiger partial charge in [-0.2, -0.15) is 5.10 Å². The largest absolute Gasteiger partial charge is 0.465 e. The molecule has 0 aliphatic carbocycles. The number of carbonyl (C=O) groups is 1. The van der Waals surface area contributed by atoms with Gasteiger partial charge in [0.15, 0.2) is 5.65 Å². The molecule has 21 heavy (non-hydrogen) atoms. The van der Waals surface area contributed by atoms with E-state index in [4.69, 9.17) is 4.74 Å². The van der Waals surface area contributed by atoms with Crippen LogP contribution in [0.4, 0.5) is 0 Å². The van der Waals surface area contributed by atoms with Crippen molar-refractivity contribution < 1.29 is 9.53 Å². The third-order valence-electron chi connectivity index (χ3n) is 3.26. The first kappa shape index (κ1) is 13.2. The summed E-state index contributed by atoms with van der Waals surface area (Å²) in [6, 6.07) is 5.61. The topological polar surface area (TPSA) is 69.4 Å². The van der Waals surface area contributed by atoms with Crippen molar-refractivity contribution in [1.82, 2.24) is 19.6 Å². The summed E-state index contributed by atoms with van der Waals surface area (Å²) in [6.45, 7) is 3.71. The summed E-state index contributed by atoms with van der Waals surface area (Å²) < 4.78 is 6.57. The van der Waals surface area contributed by atoms with E-state index in [2.05, 4.69) is 15.1 Å². The number of carbonyl (C=O) groups excluding carboxylic acids is 1. The van der Waals surface area contributed by atoms with Crippen LogP contribution in [0.5, 0.6) is 0 Å². The number of nitrogens with zero attached hydrogens (tertiary/aromatic N) is 4. The van der Waals surface area contributed by atoms with E-state index in [1.54, 1.807) is 23.8 Å². The number of rotatable bonds is 2. The van der Waals surface area contributed by atoms with Gasteiger partial charge in [0, 0.05) is 29.2 Å². The number of fused-ring (bicyclic) bond motifs is 1. The van der Waals surface area contributed by atoms with Crippen molar-refractivity contribution in [2.75, 3.05) is 7.11 Å². The molecule has 3 heterocycles. The van der Waals surface area contributed by atoms with E-state index in [1.807, 2.05) is 25.1 Å². The normalized spacial score (nSPS) is 10.8. The summed E-state index contributed by atoms with van der Waals surface area (Å²) in [5.41, 5.74) is 3.36. The lowest BCUT2D eigenvalue weighted by atomic mass is 10.0. The van der Waals surface area contributed by atoms with Crippen LogP contribution in [0.15, 0.2) is 30.6 Å². The van der Waals surface area contributed by atoms with Gasteiger partial charge in [-0.15, -0.1) is 0 Å². The number of aryl methyl sites for hydroxylation is 2. The number of ether oxygens (including phenoxy) is 1. The van der Waals surface area contributed by atoms with E-state index in [9.17, 15) is 4.79 Å². The van der Waals surface area contributed by atoms with Gasteiger partial charge < -0.3 is 4.74 Å². The molecule has 0 aliphatic rings. The first-order valence-corrected chi connectivity index (χ1v) is 6.47. The van der Waals surface area contributed by atoms with Gasteiger partial charge in [0.2, 0.25) is 0 Å². The van der Waals surface area contributed by atoms with Crippen molar-refractivity contribution >= 4 is 11.6 Å². The summed E-state index contributed by atoms with van der Waals surface area (Å²) in [5.74, 6) is 0.165. The smallest absolute Gasteiger partial charge is 0.342 e. The number of pyridine rings is 2. The zero-order chi connectivity index (χ0) is 15.0. The molecule has 0 saturated heterocycles. The first-order valence-electron chi connectivity index (χ1n) is 6.47. The van der Waals surface area contributed by atoms with Crippen LogP contribution in [0.1, 0.15) is 21.9 Å². The van der Waals surface area contributed by atoms with Crippen molar-refractivity contribution in [3.05, 3.63) is 47.7 Å². The van der Waals surface area contributed by atoms with Crippen molar-refractivity contribution in [2.45, 2.75) is 13.8 Å². The minimum absolute atomic E-state index is 0.400. The Morgan fingerprint density at radius 2 is 2.14 bits per heavy atom. The Hall–Kier alpha value is -2.76. The predicted octanol–water partition coefficient (Wildman–Crippen LogP) is 2.19. The maximum absolute atomic E-state index is 12.2. The average Bonchev–Trinajstić information content (AvgIpc) is 2.89. The maximum atomic E-state index is 12.2. The molecule has 6 heteroatoms. The lowest BCUT2D eigenvalue weighted by Crippen LogP contribution is -2.09. The van der Waals surface area contributed by atoms with Gasteiger partial charge in [0.25, 0.3) is 0 Å². The van der Waals surface area contributed by atoms with Crippen molar-refractivity contribution in [3.63, 3.8) is 0 Å². The average molecular weight is 282 g/mol. The van der Waals surface area contributed by atoms with Gasteiger partial charge in [-0.05, 0) is 26.0 Å². The summed E-state index contributed by atoms with van der Waals surface area (Å²) in [6.07, 6.45) is 3.40. The second-order valence-electron chi connectivity index (χ2n) is 4.70. The van der Waals surface area contributed by atoms with E-state index in [-0.39, 0.29) is 0 Å². The molecule has 0 fully saturated rings. The minimum atomic E-state index is -0.439. The van der Waals surface area contributed by atoms with Gasteiger partial charge in [-0.1, -0.05) is 6.07 Å². The molecule has 3 aromatic rings. The van der Waals surface area contributed by atoms with E-state index in [0.717, 1.165) is 16.8 Å². The van der Waals surface area contributed by atoms with Crippen molar-refractivity contribution in [3.8, 4) is 11.1 Å². The minimum Gasteiger partial charge on any atom is -0.465 e. The Kier molecular flexibility index (Phi) is 3.13. The van der Waals surface area contributed by atoms with Crippen molar-refractivity contribution in [2.24, 2.45) is 0 Å². The van der Waals surface area contributed by atoms with Crippen LogP contribution >= 0.6 is 0 Å². The number of methoxy groups -OCH3 is 1. The number of hydrogen-bond acceptors (Lipinski definition) is 5. The number of hydrogen-bond donors (Lipinski definition) is 0. The molecule has 0 radical (unpaired) electrons. The van der Waals surface area contributed by atoms with Gasteiger partial charge >= 0.3 is 5.97 Å². The maximum Gasteiger partial charge on any atom is 0.342 e. The van der Waals surface area contributed by atoms with Crippen LogP contribution in [0.3, 0.4) is 0 Å². The molecule has 0 bridgehead atoms. The van der Waals surface area contributed by atoms with Crippen LogP contribution in [0.2, 0.25) is 0 Å². The van der Waals surface area contributed by atoms with Crippen LogP contribution < -0.4 is 0 Å². The standard InChI is InChI=1S/C15H14N4O2/c1-9-7-12(11-5-4-6-16-8-11)13(15(20)21-3)14-17-10(2)18-19(9)14/h4-8H,1-3H3.